The summed E-state index contributed by atoms with van der Waals surface area (Å²) in [5.74, 6) is -0.0903. The summed E-state index contributed by atoms with van der Waals surface area (Å²) in [6.07, 6.45) is 0.823. The van der Waals surface area contributed by atoms with Crippen molar-refractivity contribution < 1.29 is 13.2 Å². The molecule has 154 valence electrons. The number of fused-ring (bicyclic) bond motifs is 1. The van der Waals surface area contributed by atoms with E-state index in [-0.39, 0.29) is 10.8 Å². The number of benzene rings is 3. The summed E-state index contributed by atoms with van der Waals surface area (Å²) in [4.78, 5) is 15.1. The third-order valence-corrected chi connectivity index (χ3v) is 7.35. The number of aryl methyl sites for hydroxylation is 1. The number of carbonyl (C=O) groups excluding carboxylic acids is 1. The van der Waals surface area contributed by atoms with Gasteiger partial charge < -0.3 is 4.90 Å². The Morgan fingerprint density at radius 2 is 1.63 bits per heavy atom. The summed E-state index contributed by atoms with van der Waals surface area (Å²) >= 11 is 0. The molecule has 30 heavy (non-hydrogen) atoms. The maximum atomic E-state index is 13.1. The van der Waals surface area contributed by atoms with Gasteiger partial charge in [-0.1, -0.05) is 48.0 Å². The average molecular weight is 421 g/mol. The quantitative estimate of drug-likeness (QED) is 0.641. The minimum atomic E-state index is -3.71. The van der Waals surface area contributed by atoms with Gasteiger partial charge in [-0.05, 0) is 54.8 Å². The molecule has 0 atom stereocenters. The second kappa shape index (κ2) is 7.95. The van der Waals surface area contributed by atoms with Gasteiger partial charge in [-0.25, -0.2) is 8.42 Å². The second-order valence-electron chi connectivity index (χ2n) is 7.58. The molecule has 0 unspecified atom stereocenters. The number of anilines is 1. The number of sulfonamides is 1. The first-order valence-electron chi connectivity index (χ1n) is 9.88. The van der Waals surface area contributed by atoms with Gasteiger partial charge >= 0.3 is 0 Å². The first kappa shape index (κ1) is 20.2. The van der Waals surface area contributed by atoms with Gasteiger partial charge in [0.15, 0.2) is 0 Å². The van der Waals surface area contributed by atoms with Crippen molar-refractivity contribution in [2.24, 2.45) is 0 Å². The van der Waals surface area contributed by atoms with Gasteiger partial charge in [-0.3, -0.25) is 9.10 Å². The van der Waals surface area contributed by atoms with E-state index in [4.69, 9.17) is 0 Å². The highest BCUT2D eigenvalue weighted by molar-refractivity contribution is 7.92. The predicted molar refractivity (Wildman–Crippen MR) is 118 cm³/mol. The van der Waals surface area contributed by atoms with E-state index in [1.807, 2.05) is 30.0 Å². The van der Waals surface area contributed by atoms with E-state index in [1.54, 1.807) is 48.5 Å². The zero-order valence-corrected chi connectivity index (χ0v) is 17.9. The smallest absolute Gasteiger partial charge is 0.264 e. The fourth-order valence-corrected chi connectivity index (χ4v) is 4.88. The van der Waals surface area contributed by atoms with Gasteiger partial charge in [-0.2, -0.15) is 0 Å². The van der Waals surface area contributed by atoms with Gasteiger partial charge in [0.25, 0.3) is 15.9 Å². The summed E-state index contributed by atoms with van der Waals surface area (Å²) in [6, 6.07) is 21.7. The molecule has 1 heterocycles. The molecule has 0 radical (unpaired) electrons. The Morgan fingerprint density at radius 1 is 0.933 bits per heavy atom. The fourth-order valence-electron chi connectivity index (χ4n) is 3.69. The third-order valence-electron chi connectivity index (χ3n) is 5.55. The number of carbonyl (C=O) groups is 1. The lowest BCUT2D eigenvalue weighted by Gasteiger charge is -2.29. The highest BCUT2D eigenvalue weighted by atomic mass is 32.2. The molecule has 0 aliphatic carbocycles. The van der Waals surface area contributed by atoms with Crippen LogP contribution in [-0.2, 0) is 23.0 Å². The summed E-state index contributed by atoms with van der Waals surface area (Å²) in [7, 11) is -2.20. The predicted octanol–water partition coefficient (Wildman–Crippen LogP) is 4.02. The van der Waals surface area contributed by atoms with Gasteiger partial charge in [0.1, 0.15) is 0 Å². The third kappa shape index (κ3) is 3.83. The van der Waals surface area contributed by atoms with Gasteiger partial charge in [0.2, 0.25) is 0 Å². The van der Waals surface area contributed by atoms with Crippen LogP contribution in [0, 0.1) is 6.92 Å². The van der Waals surface area contributed by atoms with Crippen molar-refractivity contribution in [3.8, 4) is 0 Å². The van der Waals surface area contributed by atoms with Gasteiger partial charge in [0.05, 0.1) is 10.6 Å². The molecule has 1 amide bonds. The summed E-state index contributed by atoms with van der Waals surface area (Å²) in [5, 5.41) is 0. The topological polar surface area (TPSA) is 57.7 Å². The Bertz CT molecular complexity index is 1190. The van der Waals surface area contributed by atoms with Crippen LogP contribution in [0.15, 0.2) is 77.7 Å². The monoisotopic (exact) mass is 420 g/mol. The normalized spacial score (nSPS) is 13.6. The number of hydrogen-bond acceptors (Lipinski definition) is 3. The van der Waals surface area contributed by atoms with E-state index in [0.29, 0.717) is 24.3 Å². The van der Waals surface area contributed by atoms with Crippen LogP contribution in [-0.4, -0.2) is 32.8 Å². The van der Waals surface area contributed by atoms with Gasteiger partial charge in [-0.15, -0.1) is 0 Å². The highest BCUT2D eigenvalue weighted by Gasteiger charge is 2.24. The van der Waals surface area contributed by atoms with Crippen molar-refractivity contribution in [2.75, 3.05) is 17.9 Å². The molecule has 0 N–H and O–H groups in total. The van der Waals surface area contributed by atoms with Gasteiger partial charge in [0, 0.05) is 25.7 Å². The maximum absolute atomic E-state index is 13.1. The lowest BCUT2D eigenvalue weighted by molar-refractivity contribution is 0.0734. The van der Waals surface area contributed by atoms with E-state index in [9.17, 15) is 13.2 Å². The van der Waals surface area contributed by atoms with Crippen LogP contribution in [0.2, 0.25) is 0 Å². The molecule has 0 spiro atoms. The van der Waals surface area contributed by atoms with Crippen LogP contribution in [0.3, 0.4) is 0 Å². The van der Waals surface area contributed by atoms with Crippen LogP contribution < -0.4 is 4.31 Å². The molecule has 6 heteroatoms. The molecule has 3 aromatic carbocycles. The molecule has 1 aliphatic rings. The molecule has 3 aromatic rings. The van der Waals surface area contributed by atoms with E-state index < -0.39 is 10.0 Å². The molecular formula is C24H24N2O3S. The zero-order valence-electron chi connectivity index (χ0n) is 17.1. The Labute approximate surface area is 177 Å². The largest absolute Gasteiger partial charge is 0.334 e. The van der Waals surface area contributed by atoms with Crippen LogP contribution in [0.4, 0.5) is 5.69 Å². The van der Waals surface area contributed by atoms with Crippen molar-refractivity contribution in [1.82, 2.24) is 4.90 Å². The molecule has 0 aromatic heterocycles. The Kier molecular flexibility index (Phi) is 5.35. The standard InChI is InChI=1S/C24H24N2O3S/c1-18-10-12-23(13-11-18)30(28,29)25(2)22-9-5-8-20(16-22)24(27)26-15-14-19-6-3-4-7-21(19)17-26/h3-13,16H,14-15,17H2,1-2H3. The maximum Gasteiger partial charge on any atom is 0.264 e. The van der Waals surface area contributed by atoms with E-state index in [2.05, 4.69) is 6.07 Å². The number of nitrogens with zero attached hydrogens (tertiary/aromatic N) is 2. The lowest BCUT2D eigenvalue weighted by atomic mass is 9.99. The first-order chi connectivity index (χ1) is 14.4. The molecular weight excluding hydrogens is 396 g/mol. The SMILES string of the molecule is Cc1ccc(S(=O)(=O)N(C)c2cccc(C(=O)N3CCc4ccccc4C3)c2)cc1. The molecule has 4 rings (SSSR count). The molecule has 0 fully saturated rings. The molecule has 0 bridgehead atoms. The van der Waals surface area contributed by atoms with Crippen molar-refractivity contribution in [2.45, 2.75) is 24.8 Å². The Balaban J connectivity index is 1.58. The molecule has 0 saturated heterocycles. The van der Waals surface area contributed by atoms with Crippen molar-refractivity contribution in [3.05, 3.63) is 95.1 Å². The average Bonchev–Trinajstić information content (AvgIpc) is 2.78. The van der Waals surface area contributed by atoms with E-state index in [0.717, 1.165) is 17.5 Å². The van der Waals surface area contributed by atoms with Crippen molar-refractivity contribution >= 4 is 21.6 Å². The minimum Gasteiger partial charge on any atom is -0.334 e. The molecule has 0 saturated carbocycles. The van der Waals surface area contributed by atoms with Crippen LogP contribution in [0.5, 0.6) is 0 Å². The number of rotatable bonds is 4. The Hall–Kier alpha value is -3.12. The second-order valence-corrected chi connectivity index (χ2v) is 9.55. The fraction of sp³-hybridized carbons (Fsp3) is 0.208. The van der Waals surface area contributed by atoms with Crippen molar-refractivity contribution in [1.29, 1.82) is 0 Å². The zero-order chi connectivity index (χ0) is 21.3. The first-order valence-corrected chi connectivity index (χ1v) is 11.3. The summed E-state index contributed by atoms with van der Waals surface area (Å²) in [5.41, 5.74) is 4.37. The van der Waals surface area contributed by atoms with Crippen LogP contribution >= 0.6 is 0 Å². The van der Waals surface area contributed by atoms with E-state index in [1.165, 1.54) is 16.9 Å². The Morgan fingerprint density at radius 3 is 2.37 bits per heavy atom. The van der Waals surface area contributed by atoms with E-state index >= 15 is 0 Å². The number of amides is 1. The lowest BCUT2D eigenvalue weighted by Crippen LogP contribution is -2.36. The van der Waals surface area contributed by atoms with Crippen molar-refractivity contribution in [3.63, 3.8) is 0 Å². The number of hydrogen-bond donors (Lipinski definition) is 0. The minimum absolute atomic E-state index is 0.0903. The highest BCUT2D eigenvalue weighted by Crippen LogP contribution is 2.25. The molecule has 1 aliphatic heterocycles. The molecule has 5 nitrogen and oxygen atoms in total. The summed E-state index contributed by atoms with van der Waals surface area (Å²) < 4.78 is 27.2. The summed E-state index contributed by atoms with van der Waals surface area (Å²) in [6.45, 7) is 3.13. The van der Waals surface area contributed by atoms with Crippen LogP contribution in [0.25, 0.3) is 0 Å². The van der Waals surface area contributed by atoms with Crippen LogP contribution in [0.1, 0.15) is 27.0 Å².